The Kier molecular flexibility index (Phi) is 4.08. The molecule has 1 saturated carbocycles. The van der Waals surface area contributed by atoms with E-state index in [2.05, 4.69) is 24.3 Å². The Morgan fingerprint density at radius 3 is 2.47 bits per heavy atom. The molecule has 3 aliphatic rings. The fourth-order valence-electron chi connectivity index (χ4n) is 3.76. The highest BCUT2D eigenvalue weighted by Gasteiger charge is 2.37. The summed E-state index contributed by atoms with van der Waals surface area (Å²) in [5, 5.41) is 3.62. The van der Waals surface area contributed by atoms with Crippen molar-refractivity contribution in [2.24, 2.45) is 4.99 Å². The van der Waals surface area contributed by atoms with Gasteiger partial charge in [-0.25, -0.2) is 5.01 Å². The molecule has 0 bridgehead atoms. The van der Waals surface area contributed by atoms with Crippen LogP contribution in [-0.4, -0.2) is 33.6 Å². The van der Waals surface area contributed by atoms with Gasteiger partial charge in [-0.1, -0.05) is 37.4 Å². The summed E-state index contributed by atoms with van der Waals surface area (Å²) >= 11 is 1.94. The molecular formula is C15H27N3S. The van der Waals surface area contributed by atoms with Gasteiger partial charge in [-0.2, -0.15) is 0 Å². The largest absolute Gasteiger partial charge is 0.297 e. The maximum Gasteiger partial charge on any atom is 0.171 e. The Bertz CT molecular complexity index is 339. The minimum atomic E-state index is 0.285. The lowest BCUT2D eigenvalue weighted by molar-refractivity contribution is 0.0750. The molecule has 0 amide bonds. The van der Waals surface area contributed by atoms with E-state index in [1.165, 1.54) is 62.3 Å². The summed E-state index contributed by atoms with van der Waals surface area (Å²) in [5.74, 6) is 1.20. The van der Waals surface area contributed by atoms with Crippen LogP contribution < -0.4 is 5.43 Å². The van der Waals surface area contributed by atoms with Crippen LogP contribution in [-0.2, 0) is 0 Å². The molecule has 1 spiro atoms. The molecule has 2 atom stereocenters. The van der Waals surface area contributed by atoms with Crippen molar-refractivity contribution in [1.82, 2.24) is 10.4 Å². The van der Waals surface area contributed by atoms with E-state index in [1.807, 2.05) is 11.8 Å². The van der Waals surface area contributed by atoms with Gasteiger partial charge in [0.15, 0.2) is 5.17 Å². The summed E-state index contributed by atoms with van der Waals surface area (Å²) in [6.07, 6.45) is 10.7. The number of hydrogen-bond acceptors (Lipinski definition) is 4. The Morgan fingerprint density at radius 1 is 1.11 bits per heavy atom. The molecule has 108 valence electrons. The number of hydrazine groups is 1. The topological polar surface area (TPSA) is 27.6 Å². The van der Waals surface area contributed by atoms with E-state index in [0.29, 0.717) is 12.1 Å². The zero-order chi connectivity index (χ0) is 13.3. The summed E-state index contributed by atoms with van der Waals surface area (Å²) in [5.41, 5.74) is 3.92. The minimum absolute atomic E-state index is 0.285. The zero-order valence-electron chi connectivity index (χ0n) is 12.3. The minimum Gasteiger partial charge on any atom is -0.297 e. The van der Waals surface area contributed by atoms with Crippen molar-refractivity contribution in [1.29, 1.82) is 0 Å². The molecule has 2 fully saturated rings. The van der Waals surface area contributed by atoms with Crippen molar-refractivity contribution in [2.75, 3.05) is 5.75 Å². The van der Waals surface area contributed by atoms with Gasteiger partial charge in [0.05, 0.1) is 5.54 Å². The maximum atomic E-state index is 5.07. The Hall–Kier alpha value is -0.220. The van der Waals surface area contributed by atoms with Crippen LogP contribution in [0.25, 0.3) is 0 Å². The Labute approximate surface area is 121 Å². The number of rotatable bonds is 1. The van der Waals surface area contributed by atoms with E-state index in [9.17, 15) is 0 Å². The fourth-order valence-corrected chi connectivity index (χ4v) is 4.94. The van der Waals surface area contributed by atoms with Gasteiger partial charge in [-0.3, -0.25) is 10.4 Å². The quantitative estimate of drug-likeness (QED) is 0.796. The molecule has 1 N–H and O–H groups in total. The predicted octanol–water partition coefficient (Wildman–Crippen LogP) is 3.56. The molecule has 1 aliphatic carbocycles. The molecule has 2 heterocycles. The third kappa shape index (κ3) is 2.94. The molecule has 0 aromatic rings. The number of piperidine rings is 1. The van der Waals surface area contributed by atoms with Gasteiger partial charge < -0.3 is 0 Å². The lowest BCUT2D eigenvalue weighted by Gasteiger charge is -2.39. The normalized spacial score (nSPS) is 35.4. The molecule has 4 heteroatoms. The highest BCUT2D eigenvalue weighted by atomic mass is 32.2. The number of thioether (sulfide) groups is 1. The number of aliphatic imine (C=N–C) groups is 1. The van der Waals surface area contributed by atoms with Crippen LogP contribution >= 0.6 is 11.8 Å². The average Bonchev–Trinajstić information content (AvgIpc) is 2.78. The van der Waals surface area contributed by atoms with Crippen molar-refractivity contribution in [3.05, 3.63) is 0 Å². The predicted molar refractivity (Wildman–Crippen MR) is 83.5 cm³/mol. The van der Waals surface area contributed by atoms with Crippen molar-refractivity contribution in [3.8, 4) is 0 Å². The number of nitrogens with one attached hydrogen (secondary N) is 1. The zero-order valence-corrected chi connectivity index (χ0v) is 13.1. The van der Waals surface area contributed by atoms with Crippen molar-refractivity contribution in [3.63, 3.8) is 0 Å². The maximum absolute atomic E-state index is 5.07. The number of hydrogen-bond donors (Lipinski definition) is 1. The van der Waals surface area contributed by atoms with Crippen LogP contribution in [0.5, 0.6) is 0 Å². The first-order valence-corrected chi connectivity index (χ1v) is 8.95. The van der Waals surface area contributed by atoms with Crippen molar-refractivity contribution < 1.29 is 0 Å². The van der Waals surface area contributed by atoms with Gasteiger partial charge >= 0.3 is 0 Å². The second-order valence-corrected chi connectivity index (χ2v) is 7.60. The van der Waals surface area contributed by atoms with E-state index in [-0.39, 0.29) is 5.54 Å². The van der Waals surface area contributed by atoms with Crippen LogP contribution in [0.15, 0.2) is 4.99 Å². The van der Waals surface area contributed by atoms with Gasteiger partial charge in [0.1, 0.15) is 0 Å². The number of amidine groups is 1. The van der Waals surface area contributed by atoms with E-state index < -0.39 is 0 Å². The van der Waals surface area contributed by atoms with E-state index in [1.54, 1.807) is 0 Å². The van der Waals surface area contributed by atoms with E-state index in [0.717, 1.165) is 0 Å². The van der Waals surface area contributed by atoms with Crippen LogP contribution in [0, 0.1) is 0 Å². The third-order valence-corrected chi connectivity index (χ3v) is 6.16. The summed E-state index contributed by atoms with van der Waals surface area (Å²) < 4.78 is 0. The van der Waals surface area contributed by atoms with Crippen molar-refractivity contribution >= 4 is 16.9 Å². The molecule has 2 aliphatic heterocycles. The van der Waals surface area contributed by atoms with E-state index >= 15 is 0 Å². The van der Waals surface area contributed by atoms with Crippen LogP contribution in [0.3, 0.4) is 0 Å². The highest BCUT2D eigenvalue weighted by molar-refractivity contribution is 8.14. The molecule has 3 rings (SSSR count). The van der Waals surface area contributed by atoms with E-state index in [4.69, 9.17) is 4.99 Å². The summed E-state index contributed by atoms with van der Waals surface area (Å²) in [6.45, 7) is 4.67. The first-order valence-electron chi connectivity index (χ1n) is 7.96. The third-order valence-electron chi connectivity index (χ3n) is 5.02. The lowest BCUT2D eigenvalue weighted by atomic mass is 9.84. The van der Waals surface area contributed by atoms with Crippen molar-refractivity contribution in [2.45, 2.75) is 82.8 Å². The summed E-state index contributed by atoms with van der Waals surface area (Å²) in [6, 6.07) is 1.27. The average molecular weight is 281 g/mol. The molecule has 0 aromatic carbocycles. The summed E-state index contributed by atoms with van der Waals surface area (Å²) in [7, 11) is 0. The van der Waals surface area contributed by atoms with Gasteiger partial charge in [0.25, 0.3) is 0 Å². The standard InChI is InChI=1S/C15H27N3S/c1-12-7-6-8-13(2)18(12)17-14-16-15(11-19-14)9-4-3-5-10-15/h12-13H,3-11H2,1-2H3,(H,16,17). The molecule has 1 saturated heterocycles. The first kappa shape index (κ1) is 13.7. The molecule has 3 nitrogen and oxygen atoms in total. The lowest BCUT2D eigenvalue weighted by Crippen LogP contribution is -2.53. The van der Waals surface area contributed by atoms with Gasteiger partial charge in [0, 0.05) is 17.8 Å². The second kappa shape index (κ2) is 5.65. The van der Waals surface area contributed by atoms with Crippen LogP contribution in [0.2, 0.25) is 0 Å². The van der Waals surface area contributed by atoms with Crippen LogP contribution in [0.4, 0.5) is 0 Å². The molecule has 2 unspecified atom stereocenters. The monoisotopic (exact) mass is 281 g/mol. The molecule has 0 radical (unpaired) electrons. The molecule has 19 heavy (non-hydrogen) atoms. The first-order chi connectivity index (χ1) is 9.19. The molecule has 0 aromatic heterocycles. The fraction of sp³-hybridized carbons (Fsp3) is 0.933. The number of nitrogens with zero attached hydrogens (tertiary/aromatic N) is 2. The molecular weight excluding hydrogens is 254 g/mol. The smallest absolute Gasteiger partial charge is 0.171 e. The Morgan fingerprint density at radius 2 is 1.79 bits per heavy atom. The Balaban J connectivity index is 1.65. The van der Waals surface area contributed by atoms with Gasteiger partial charge in [0.2, 0.25) is 0 Å². The van der Waals surface area contributed by atoms with Crippen LogP contribution in [0.1, 0.15) is 65.2 Å². The van der Waals surface area contributed by atoms with Gasteiger partial charge in [-0.15, -0.1) is 0 Å². The van der Waals surface area contributed by atoms with Gasteiger partial charge in [-0.05, 0) is 39.5 Å². The summed E-state index contributed by atoms with van der Waals surface area (Å²) in [4.78, 5) is 5.07. The second-order valence-electron chi connectivity index (χ2n) is 6.64. The SMILES string of the molecule is CC1CCCC(C)N1NC1=NC2(CCCCC2)CS1. The highest BCUT2D eigenvalue weighted by Crippen LogP contribution is 2.39.